The van der Waals surface area contributed by atoms with Crippen molar-refractivity contribution in [1.82, 2.24) is 10.2 Å². The summed E-state index contributed by atoms with van der Waals surface area (Å²) in [6, 6.07) is 0. The molecule has 0 aliphatic carbocycles. The van der Waals surface area contributed by atoms with Crippen molar-refractivity contribution >= 4 is 17.3 Å². The zero-order chi connectivity index (χ0) is 11.8. The quantitative estimate of drug-likeness (QED) is 0.578. The SMILES string of the molecule is CCOC1CCN(C(=S)NCCOC)CC1. The standard InChI is InChI=1S/C11H22N2O2S/c1-3-15-10-4-7-13(8-5-10)11(16)12-6-9-14-2/h10H,3-9H2,1-2H3,(H,12,16). The molecule has 1 aliphatic rings. The molecule has 0 amide bonds. The molecule has 1 N–H and O–H groups in total. The van der Waals surface area contributed by atoms with E-state index in [0.717, 1.165) is 44.2 Å². The Hall–Kier alpha value is -0.390. The van der Waals surface area contributed by atoms with Gasteiger partial charge in [0.05, 0.1) is 12.7 Å². The van der Waals surface area contributed by atoms with Gasteiger partial charge in [-0.2, -0.15) is 0 Å². The van der Waals surface area contributed by atoms with Gasteiger partial charge in [0, 0.05) is 33.4 Å². The highest BCUT2D eigenvalue weighted by Gasteiger charge is 2.20. The smallest absolute Gasteiger partial charge is 0.169 e. The molecule has 1 fully saturated rings. The molecule has 0 unspecified atom stereocenters. The van der Waals surface area contributed by atoms with Crippen molar-refractivity contribution in [3.63, 3.8) is 0 Å². The fourth-order valence-corrected chi connectivity index (χ4v) is 2.12. The minimum absolute atomic E-state index is 0.419. The zero-order valence-electron chi connectivity index (χ0n) is 10.2. The largest absolute Gasteiger partial charge is 0.383 e. The van der Waals surface area contributed by atoms with Crippen molar-refractivity contribution in [2.75, 3.05) is 40.0 Å². The van der Waals surface area contributed by atoms with E-state index < -0.39 is 0 Å². The Bertz CT molecular complexity index is 206. The number of methoxy groups -OCH3 is 1. The Labute approximate surface area is 103 Å². The molecule has 4 nitrogen and oxygen atoms in total. The first-order valence-corrected chi connectivity index (χ1v) is 6.32. The molecule has 0 bridgehead atoms. The van der Waals surface area contributed by atoms with Crippen molar-refractivity contribution in [3.05, 3.63) is 0 Å². The summed E-state index contributed by atoms with van der Waals surface area (Å²) in [5, 5.41) is 4.03. The number of nitrogens with one attached hydrogen (secondary N) is 1. The summed E-state index contributed by atoms with van der Waals surface area (Å²) >= 11 is 5.31. The zero-order valence-corrected chi connectivity index (χ0v) is 11.0. The highest BCUT2D eigenvalue weighted by molar-refractivity contribution is 7.80. The van der Waals surface area contributed by atoms with Crippen molar-refractivity contribution in [2.45, 2.75) is 25.9 Å². The lowest BCUT2D eigenvalue weighted by atomic mass is 10.1. The van der Waals surface area contributed by atoms with Crippen molar-refractivity contribution < 1.29 is 9.47 Å². The van der Waals surface area contributed by atoms with Gasteiger partial charge in [0.15, 0.2) is 5.11 Å². The highest BCUT2D eigenvalue weighted by Crippen LogP contribution is 2.13. The Morgan fingerprint density at radius 2 is 2.12 bits per heavy atom. The summed E-state index contributed by atoms with van der Waals surface area (Å²) in [5.74, 6) is 0. The second-order valence-electron chi connectivity index (χ2n) is 3.87. The van der Waals surface area contributed by atoms with Crippen LogP contribution in [0, 0.1) is 0 Å². The maximum Gasteiger partial charge on any atom is 0.169 e. The second kappa shape index (κ2) is 7.81. The fraction of sp³-hybridized carbons (Fsp3) is 0.909. The van der Waals surface area contributed by atoms with Crippen LogP contribution in [-0.4, -0.2) is 56.1 Å². The molecule has 1 aliphatic heterocycles. The van der Waals surface area contributed by atoms with Crippen LogP contribution in [0.4, 0.5) is 0 Å². The van der Waals surface area contributed by atoms with Crippen LogP contribution in [0.2, 0.25) is 0 Å². The Morgan fingerprint density at radius 3 is 2.69 bits per heavy atom. The molecule has 94 valence electrons. The minimum Gasteiger partial charge on any atom is -0.383 e. The molecule has 0 radical (unpaired) electrons. The van der Waals surface area contributed by atoms with Gasteiger partial charge in [-0.25, -0.2) is 0 Å². The van der Waals surface area contributed by atoms with E-state index in [4.69, 9.17) is 21.7 Å². The van der Waals surface area contributed by atoms with Crippen molar-refractivity contribution in [1.29, 1.82) is 0 Å². The summed E-state index contributed by atoms with van der Waals surface area (Å²) in [5.41, 5.74) is 0. The lowest BCUT2D eigenvalue weighted by Gasteiger charge is -2.33. The van der Waals surface area contributed by atoms with Gasteiger partial charge in [-0.15, -0.1) is 0 Å². The number of hydrogen-bond donors (Lipinski definition) is 1. The van der Waals surface area contributed by atoms with Gasteiger partial charge in [-0.1, -0.05) is 0 Å². The minimum atomic E-state index is 0.419. The van der Waals surface area contributed by atoms with Crippen LogP contribution in [0.5, 0.6) is 0 Å². The number of rotatable bonds is 5. The topological polar surface area (TPSA) is 33.7 Å². The lowest BCUT2D eigenvalue weighted by Crippen LogP contribution is -2.46. The lowest BCUT2D eigenvalue weighted by molar-refractivity contribution is 0.0267. The summed E-state index contributed by atoms with van der Waals surface area (Å²) in [6.45, 7) is 6.30. The van der Waals surface area contributed by atoms with Gasteiger partial charge < -0.3 is 19.7 Å². The molecule has 0 aromatic rings. The summed E-state index contributed by atoms with van der Waals surface area (Å²) in [6.07, 6.45) is 2.56. The van der Waals surface area contributed by atoms with Crippen LogP contribution in [0.15, 0.2) is 0 Å². The number of piperidine rings is 1. The average Bonchev–Trinajstić information content (AvgIpc) is 2.30. The molecule has 0 aromatic carbocycles. The first kappa shape index (κ1) is 13.7. The van der Waals surface area contributed by atoms with E-state index in [1.807, 2.05) is 6.92 Å². The van der Waals surface area contributed by atoms with Gasteiger partial charge in [0.2, 0.25) is 0 Å². The van der Waals surface area contributed by atoms with E-state index >= 15 is 0 Å². The van der Waals surface area contributed by atoms with Crippen molar-refractivity contribution in [2.24, 2.45) is 0 Å². The summed E-state index contributed by atoms with van der Waals surface area (Å²) in [7, 11) is 1.69. The Morgan fingerprint density at radius 1 is 1.44 bits per heavy atom. The van der Waals surface area contributed by atoms with Gasteiger partial charge in [0.25, 0.3) is 0 Å². The van der Waals surface area contributed by atoms with Crippen LogP contribution in [0.1, 0.15) is 19.8 Å². The number of thiocarbonyl (C=S) groups is 1. The molecular weight excluding hydrogens is 224 g/mol. The molecule has 0 atom stereocenters. The first-order valence-electron chi connectivity index (χ1n) is 5.91. The number of hydrogen-bond acceptors (Lipinski definition) is 3. The third-order valence-corrected chi connectivity index (χ3v) is 3.12. The van der Waals surface area contributed by atoms with Crippen LogP contribution in [0.3, 0.4) is 0 Å². The van der Waals surface area contributed by atoms with E-state index in [-0.39, 0.29) is 0 Å². The maximum absolute atomic E-state index is 5.60. The number of ether oxygens (including phenoxy) is 2. The predicted octanol–water partition coefficient (Wildman–Crippen LogP) is 1.01. The Kier molecular flexibility index (Phi) is 6.68. The van der Waals surface area contributed by atoms with Gasteiger partial charge in [0.1, 0.15) is 0 Å². The number of nitrogens with zero attached hydrogens (tertiary/aromatic N) is 1. The molecule has 0 saturated carbocycles. The van der Waals surface area contributed by atoms with Gasteiger partial charge in [-0.3, -0.25) is 0 Å². The molecule has 1 heterocycles. The van der Waals surface area contributed by atoms with Gasteiger partial charge >= 0.3 is 0 Å². The average molecular weight is 246 g/mol. The maximum atomic E-state index is 5.60. The predicted molar refractivity (Wildman–Crippen MR) is 68.7 cm³/mol. The number of likely N-dealkylation sites (tertiary alicyclic amines) is 1. The molecule has 1 rings (SSSR count). The van der Waals surface area contributed by atoms with E-state index in [2.05, 4.69) is 10.2 Å². The molecule has 5 heteroatoms. The third kappa shape index (κ3) is 4.63. The Balaban J connectivity index is 2.17. The molecule has 0 spiro atoms. The van der Waals surface area contributed by atoms with E-state index in [1.165, 1.54) is 0 Å². The normalized spacial score (nSPS) is 17.5. The summed E-state index contributed by atoms with van der Waals surface area (Å²) < 4.78 is 10.6. The van der Waals surface area contributed by atoms with Crippen LogP contribution < -0.4 is 5.32 Å². The monoisotopic (exact) mass is 246 g/mol. The molecule has 16 heavy (non-hydrogen) atoms. The highest BCUT2D eigenvalue weighted by atomic mass is 32.1. The summed E-state index contributed by atoms with van der Waals surface area (Å²) in [4.78, 5) is 2.21. The first-order chi connectivity index (χ1) is 7.77. The van der Waals surface area contributed by atoms with Crippen LogP contribution >= 0.6 is 12.2 Å². The van der Waals surface area contributed by atoms with E-state index in [1.54, 1.807) is 7.11 Å². The second-order valence-corrected chi connectivity index (χ2v) is 4.25. The van der Waals surface area contributed by atoms with E-state index in [9.17, 15) is 0 Å². The van der Waals surface area contributed by atoms with E-state index in [0.29, 0.717) is 12.7 Å². The van der Waals surface area contributed by atoms with Crippen molar-refractivity contribution in [3.8, 4) is 0 Å². The molecular formula is C11H22N2O2S. The fourth-order valence-electron chi connectivity index (χ4n) is 1.83. The van der Waals surface area contributed by atoms with Crippen LogP contribution in [-0.2, 0) is 9.47 Å². The third-order valence-electron chi connectivity index (χ3n) is 2.71. The molecule has 0 aromatic heterocycles. The van der Waals surface area contributed by atoms with Gasteiger partial charge in [-0.05, 0) is 32.0 Å². The molecule has 1 saturated heterocycles. The van der Waals surface area contributed by atoms with Crippen LogP contribution in [0.25, 0.3) is 0 Å².